The van der Waals surface area contributed by atoms with Gasteiger partial charge in [0.2, 0.25) is 0 Å². The van der Waals surface area contributed by atoms with E-state index in [4.69, 9.17) is 0 Å². The predicted octanol–water partition coefficient (Wildman–Crippen LogP) is 8.42. The molecule has 0 radical (unpaired) electrons. The van der Waals surface area contributed by atoms with Crippen LogP contribution in [0.15, 0.2) is 212 Å². The van der Waals surface area contributed by atoms with E-state index in [1.54, 1.807) is 0 Å². The van der Waals surface area contributed by atoms with Crippen molar-refractivity contribution in [3.05, 3.63) is 218 Å². The minimum Gasteiger partial charge on any atom is -1.00 e. The molecule has 0 fully saturated rings. The second-order valence-corrected chi connectivity index (χ2v) is 14.0. The Hall–Kier alpha value is -5.80. The average molecular weight is 822 g/mol. The zero-order chi connectivity index (χ0) is 37.1. The van der Waals surface area contributed by atoms with Crippen LogP contribution in [0.5, 0.6) is 5.75 Å². The second kappa shape index (κ2) is 18.6. The Morgan fingerprint density at radius 2 is 0.621 bits per heavy atom. The molecular weight excluding hydrogens is 783 g/mol. The van der Waals surface area contributed by atoms with Crippen molar-refractivity contribution in [2.45, 2.75) is 6.92 Å². The van der Waals surface area contributed by atoms with Gasteiger partial charge in [-0.05, 0) is 50.7 Å². The molecule has 11 rings (SSSR count). The summed E-state index contributed by atoms with van der Waals surface area (Å²) >= 11 is 0. The van der Waals surface area contributed by atoms with E-state index in [1.807, 2.05) is 97.1 Å². The predicted molar refractivity (Wildman–Crippen MR) is 235 cm³/mol. The summed E-state index contributed by atoms with van der Waals surface area (Å²) in [7, 11) is 0. The first kappa shape index (κ1) is 41.8. The van der Waals surface area contributed by atoms with Crippen LogP contribution in [0.2, 0.25) is 0 Å². The Labute approximate surface area is 366 Å². The number of benzene rings is 10. The summed E-state index contributed by atoms with van der Waals surface area (Å²) in [6.07, 6.45) is 0. The van der Waals surface area contributed by atoms with Crippen LogP contribution in [0.4, 0.5) is 0 Å². The molecule has 278 valence electrons. The monoisotopic (exact) mass is 820 g/mol. The van der Waals surface area contributed by atoms with Crippen molar-refractivity contribution in [3.63, 3.8) is 0 Å². The maximum absolute atomic E-state index is 12.6. The van der Waals surface area contributed by atoms with E-state index >= 15 is 0 Å². The normalized spacial score (nSPS) is 10.5. The van der Waals surface area contributed by atoms with Gasteiger partial charge in [0, 0.05) is 0 Å². The van der Waals surface area contributed by atoms with Gasteiger partial charge in [-0.15, -0.1) is 16.8 Å². The zero-order valence-electron chi connectivity index (χ0n) is 31.9. The third kappa shape index (κ3) is 7.88. The molecule has 0 aromatic heterocycles. The fraction of sp³-hybridized carbons (Fsp3) is 0.0185. The first-order chi connectivity index (χ1) is 27.2. The first-order valence-corrected chi connectivity index (χ1v) is 18.8. The minimum absolute atomic E-state index is 0. The molecular formula is C54H38Cl2OTi. The topological polar surface area (TPSA) is 23.1 Å². The molecule has 4 heteroatoms. The quantitative estimate of drug-likeness (QED) is 0.0977. The van der Waals surface area contributed by atoms with E-state index in [2.05, 4.69) is 122 Å². The number of halogens is 2. The van der Waals surface area contributed by atoms with Gasteiger partial charge in [0.25, 0.3) is 0 Å². The Balaban J connectivity index is 0.000000169. The molecule has 0 amide bonds. The molecule has 0 spiro atoms. The molecule has 0 saturated heterocycles. The number of fused-ring (bicyclic) bond motifs is 13. The molecule has 0 aliphatic heterocycles. The van der Waals surface area contributed by atoms with Gasteiger partial charge in [0.05, 0.1) is 0 Å². The summed E-state index contributed by atoms with van der Waals surface area (Å²) in [6, 6.07) is 73.3. The van der Waals surface area contributed by atoms with Gasteiger partial charge < -0.3 is 29.9 Å². The summed E-state index contributed by atoms with van der Waals surface area (Å²) < 4.78 is 0. The maximum atomic E-state index is 12.6. The van der Waals surface area contributed by atoms with Crippen LogP contribution < -0.4 is 29.9 Å². The third-order valence-corrected chi connectivity index (χ3v) is 10.6. The number of aryl methyl sites for hydroxylation is 1. The molecule has 0 aliphatic carbocycles. The fourth-order valence-electron chi connectivity index (χ4n) is 8.08. The number of para-hydroxylation sites is 1. The minimum atomic E-state index is 0. The standard InChI is InChI=1S/C29H17.C18H14O.C7H8.2ClH.Ti/c1-3-13-22-18(9-1)20-11-5-7-15-24(20)28-26(22)17-27-23-14-4-2-10-19(23)21-12-6-8-16-25(21)29(27)28;19-18-16(14-8-3-1-4-9-14)12-7-13-17(18)15-10-5-2-6-11-15;1-7-5-3-2-4-6-7;;;/h1-17H;1-13,19H;2-6H,1H3;2*1H;/q-1;;;;;+4/p-3. The third-order valence-electron chi connectivity index (χ3n) is 10.6. The van der Waals surface area contributed by atoms with Crippen molar-refractivity contribution in [3.8, 4) is 28.0 Å². The molecule has 1 nitrogen and oxygen atoms in total. The number of hydrogen-bond donors (Lipinski definition) is 0. The second-order valence-electron chi connectivity index (χ2n) is 14.0. The van der Waals surface area contributed by atoms with Crippen molar-refractivity contribution in [2.75, 3.05) is 0 Å². The maximum Gasteiger partial charge on any atom is 4.00 e. The van der Waals surface area contributed by atoms with Gasteiger partial charge in [-0.1, -0.05) is 250 Å². The van der Waals surface area contributed by atoms with Crippen LogP contribution >= 0.6 is 0 Å². The Morgan fingerprint density at radius 1 is 0.328 bits per heavy atom. The Morgan fingerprint density at radius 3 is 0.966 bits per heavy atom. The van der Waals surface area contributed by atoms with E-state index in [0.717, 1.165) is 22.3 Å². The van der Waals surface area contributed by atoms with Gasteiger partial charge in [-0.2, -0.15) is 0 Å². The van der Waals surface area contributed by atoms with Crippen LogP contribution in [0.3, 0.4) is 0 Å². The molecule has 0 saturated carbocycles. The van der Waals surface area contributed by atoms with Crippen molar-refractivity contribution < 1.29 is 51.6 Å². The van der Waals surface area contributed by atoms with Gasteiger partial charge in [-0.3, -0.25) is 0 Å². The average Bonchev–Trinajstić information content (AvgIpc) is 3.67. The SMILES string of the molecule is Cc1ccccc1.[Cl-].[Cl-].[O-]c1c(-c2ccccc2)cccc1-c1ccccc1.[Ti+4].c1ccc2c(c1)c1ccccc1c1c2[cH-]c2c3ccccc3c3ccccc3c21. The Kier molecular flexibility index (Phi) is 13.4. The van der Waals surface area contributed by atoms with Gasteiger partial charge in [0.1, 0.15) is 0 Å². The number of hydrogen-bond acceptors (Lipinski definition) is 1. The van der Waals surface area contributed by atoms with Crippen LogP contribution in [0.25, 0.3) is 86.9 Å². The smallest absolute Gasteiger partial charge is 1.00 e. The van der Waals surface area contributed by atoms with E-state index in [1.165, 1.54) is 70.2 Å². The van der Waals surface area contributed by atoms with Crippen LogP contribution in [0, 0.1) is 6.92 Å². The summed E-state index contributed by atoms with van der Waals surface area (Å²) in [5.74, 6) is 0.0832. The van der Waals surface area contributed by atoms with E-state index in [9.17, 15) is 5.11 Å². The molecule has 11 aromatic rings. The van der Waals surface area contributed by atoms with Gasteiger partial charge >= 0.3 is 21.7 Å². The van der Waals surface area contributed by atoms with Crippen molar-refractivity contribution in [1.82, 2.24) is 0 Å². The van der Waals surface area contributed by atoms with E-state index in [0.29, 0.717) is 0 Å². The molecule has 0 bridgehead atoms. The van der Waals surface area contributed by atoms with Crippen LogP contribution in [-0.4, -0.2) is 0 Å². The molecule has 0 atom stereocenters. The molecule has 0 unspecified atom stereocenters. The number of rotatable bonds is 2. The summed E-state index contributed by atoms with van der Waals surface area (Å²) in [5, 5.41) is 28.8. The van der Waals surface area contributed by atoms with Crippen molar-refractivity contribution in [1.29, 1.82) is 0 Å². The molecule has 0 aliphatic rings. The van der Waals surface area contributed by atoms with E-state index in [-0.39, 0.29) is 52.3 Å². The van der Waals surface area contributed by atoms with Crippen molar-refractivity contribution >= 4 is 64.6 Å². The van der Waals surface area contributed by atoms with Gasteiger partial charge in [-0.25, -0.2) is 0 Å². The molecule has 58 heavy (non-hydrogen) atoms. The zero-order valence-corrected chi connectivity index (χ0v) is 34.9. The molecule has 0 heterocycles. The first-order valence-electron chi connectivity index (χ1n) is 18.8. The van der Waals surface area contributed by atoms with Crippen molar-refractivity contribution in [2.24, 2.45) is 0 Å². The van der Waals surface area contributed by atoms with E-state index < -0.39 is 0 Å². The fourth-order valence-corrected chi connectivity index (χ4v) is 8.08. The summed E-state index contributed by atoms with van der Waals surface area (Å²) in [4.78, 5) is 0. The van der Waals surface area contributed by atoms with Crippen LogP contribution in [-0.2, 0) is 21.7 Å². The Bertz CT molecular complexity index is 2920. The van der Waals surface area contributed by atoms with Gasteiger partial charge in [0.15, 0.2) is 0 Å². The summed E-state index contributed by atoms with van der Waals surface area (Å²) in [5.41, 5.74) is 4.75. The largest absolute Gasteiger partial charge is 4.00 e. The molecule has 11 aromatic carbocycles. The molecule has 0 N–H and O–H groups in total. The van der Waals surface area contributed by atoms with Crippen LogP contribution in [0.1, 0.15) is 5.56 Å². The summed E-state index contributed by atoms with van der Waals surface area (Å²) in [6.45, 7) is 2.08.